The van der Waals surface area contributed by atoms with E-state index in [1.807, 2.05) is 30.5 Å². The number of rotatable bonds is 5. The van der Waals surface area contributed by atoms with Crippen molar-refractivity contribution in [2.24, 2.45) is 5.14 Å². The quantitative estimate of drug-likeness (QED) is 0.763. The van der Waals surface area contributed by atoms with Crippen molar-refractivity contribution in [2.75, 3.05) is 23.9 Å². The van der Waals surface area contributed by atoms with Gasteiger partial charge in [-0.15, -0.1) is 11.8 Å². The lowest BCUT2D eigenvalue weighted by Crippen LogP contribution is -2.22. The van der Waals surface area contributed by atoms with Crippen LogP contribution in [0.15, 0.2) is 29.2 Å². The number of primary sulfonamides is 1. The van der Waals surface area contributed by atoms with Crippen LogP contribution in [-0.4, -0.2) is 27.0 Å². The highest BCUT2D eigenvalue weighted by Gasteiger charge is 2.01. The Morgan fingerprint density at radius 3 is 2.80 bits per heavy atom. The molecule has 0 bridgehead atoms. The maximum absolute atomic E-state index is 10.7. The lowest BCUT2D eigenvalue weighted by Gasteiger charge is -2.06. The Labute approximate surface area is 94.3 Å². The van der Waals surface area contributed by atoms with E-state index in [2.05, 4.69) is 5.32 Å². The van der Waals surface area contributed by atoms with E-state index in [0.29, 0.717) is 6.54 Å². The van der Waals surface area contributed by atoms with Crippen molar-refractivity contribution in [2.45, 2.75) is 4.90 Å². The number of nitrogens with two attached hydrogens (primary N) is 1. The van der Waals surface area contributed by atoms with Crippen LogP contribution < -0.4 is 10.5 Å². The Morgan fingerprint density at radius 1 is 1.47 bits per heavy atom. The van der Waals surface area contributed by atoms with Crippen molar-refractivity contribution in [1.29, 1.82) is 0 Å². The molecule has 0 fully saturated rings. The molecule has 3 N–H and O–H groups in total. The van der Waals surface area contributed by atoms with Crippen LogP contribution in [0.3, 0.4) is 0 Å². The van der Waals surface area contributed by atoms with E-state index in [4.69, 9.17) is 5.14 Å². The molecule has 0 aromatic heterocycles. The summed E-state index contributed by atoms with van der Waals surface area (Å²) in [5.41, 5.74) is 0.908. The van der Waals surface area contributed by atoms with Crippen LogP contribution in [0, 0.1) is 0 Å². The third-order valence-corrected chi connectivity index (χ3v) is 3.28. The van der Waals surface area contributed by atoms with Crippen LogP contribution >= 0.6 is 11.8 Å². The maximum atomic E-state index is 10.7. The number of sulfonamides is 1. The summed E-state index contributed by atoms with van der Waals surface area (Å²) >= 11 is 1.64. The van der Waals surface area contributed by atoms with E-state index < -0.39 is 10.0 Å². The first-order valence-corrected chi connectivity index (χ1v) is 7.34. The molecule has 0 aliphatic carbocycles. The van der Waals surface area contributed by atoms with Gasteiger partial charge in [-0.3, -0.25) is 0 Å². The molecule has 4 nitrogen and oxygen atoms in total. The zero-order valence-corrected chi connectivity index (χ0v) is 10.1. The summed E-state index contributed by atoms with van der Waals surface area (Å²) in [5.74, 6) is -0.0590. The molecule has 0 unspecified atom stereocenters. The number of hydrogen-bond acceptors (Lipinski definition) is 4. The minimum absolute atomic E-state index is 0.0590. The van der Waals surface area contributed by atoms with E-state index in [-0.39, 0.29) is 5.75 Å². The van der Waals surface area contributed by atoms with Gasteiger partial charge in [-0.25, -0.2) is 13.6 Å². The van der Waals surface area contributed by atoms with Gasteiger partial charge in [-0.1, -0.05) is 6.07 Å². The predicted octanol–water partition coefficient (Wildman–Crippen LogP) is 1.11. The summed E-state index contributed by atoms with van der Waals surface area (Å²) in [4.78, 5) is 1.13. The van der Waals surface area contributed by atoms with Gasteiger partial charge in [0.1, 0.15) is 0 Å². The number of hydrogen-bond donors (Lipinski definition) is 2. The summed E-state index contributed by atoms with van der Waals surface area (Å²) in [6.45, 7) is 0.330. The number of benzene rings is 1. The molecule has 1 aromatic rings. The van der Waals surface area contributed by atoms with Crippen molar-refractivity contribution in [3.05, 3.63) is 24.3 Å². The van der Waals surface area contributed by atoms with E-state index in [1.54, 1.807) is 11.8 Å². The summed E-state index contributed by atoms with van der Waals surface area (Å²) < 4.78 is 21.4. The normalized spacial score (nSPS) is 11.3. The fraction of sp³-hybridized carbons (Fsp3) is 0.333. The van der Waals surface area contributed by atoms with Crippen LogP contribution in [0.5, 0.6) is 0 Å². The second kappa shape index (κ2) is 5.39. The lowest BCUT2D eigenvalue weighted by atomic mass is 10.3. The number of thioether (sulfide) groups is 1. The van der Waals surface area contributed by atoms with Gasteiger partial charge in [0.05, 0.1) is 5.75 Å². The molecule has 0 atom stereocenters. The average molecular weight is 246 g/mol. The molecule has 0 heterocycles. The molecule has 0 saturated heterocycles. The summed E-state index contributed by atoms with van der Waals surface area (Å²) in [7, 11) is -3.38. The summed E-state index contributed by atoms with van der Waals surface area (Å²) in [6.07, 6.45) is 1.99. The molecule has 0 radical (unpaired) electrons. The van der Waals surface area contributed by atoms with Gasteiger partial charge in [-0.05, 0) is 24.5 Å². The first kappa shape index (κ1) is 12.4. The summed E-state index contributed by atoms with van der Waals surface area (Å²) in [5, 5.41) is 7.89. The largest absolute Gasteiger partial charge is 0.384 e. The Kier molecular flexibility index (Phi) is 4.44. The topological polar surface area (TPSA) is 72.2 Å². The Morgan fingerprint density at radius 2 is 2.20 bits per heavy atom. The van der Waals surface area contributed by atoms with Crippen LogP contribution in [0.1, 0.15) is 0 Å². The molecule has 1 aromatic carbocycles. The fourth-order valence-electron chi connectivity index (χ4n) is 1.07. The predicted molar refractivity (Wildman–Crippen MR) is 64.7 cm³/mol. The molecule has 0 saturated carbocycles. The summed E-state index contributed by atoms with van der Waals surface area (Å²) in [6, 6.07) is 7.78. The van der Waals surface area contributed by atoms with Gasteiger partial charge in [0.15, 0.2) is 0 Å². The molecular weight excluding hydrogens is 232 g/mol. The third-order valence-electron chi connectivity index (χ3n) is 1.79. The van der Waals surface area contributed by atoms with Crippen molar-refractivity contribution in [3.63, 3.8) is 0 Å². The van der Waals surface area contributed by atoms with Crippen molar-refractivity contribution in [3.8, 4) is 0 Å². The molecule has 0 spiro atoms. The van der Waals surface area contributed by atoms with Crippen molar-refractivity contribution in [1.82, 2.24) is 0 Å². The van der Waals surface area contributed by atoms with Crippen molar-refractivity contribution >= 4 is 27.5 Å². The Hall–Kier alpha value is -0.720. The van der Waals surface area contributed by atoms with Crippen LogP contribution in [0.25, 0.3) is 0 Å². The van der Waals surface area contributed by atoms with Gasteiger partial charge in [-0.2, -0.15) is 0 Å². The Bertz CT molecular complexity index is 418. The first-order valence-electron chi connectivity index (χ1n) is 4.40. The highest BCUT2D eigenvalue weighted by molar-refractivity contribution is 7.98. The van der Waals surface area contributed by atoms with E-state index in [0.717, 1.165) is 10.6 Å². The third kappa shape index (κ3) is 5.06. The van der Waals surface area contributed by atoms with E-state index >= 15 is 0 Å². The standard InChI is InChI=1S/C9H14N2O2S2/c1-14-9-4-2-3-8(7-9)11-5-6-15(10,12)13/h2-4,7,11H,5-6H2,1H3,(H2,10,12,13). The molecule has 0 aliphatic heterocycles. The van der Waals surface area contributed by atoms with Gasteiger partial charge in [0.25, 0.3) is 0 Å². The van der Waals surface area contributed by atoms with Crippen molar-refractivity contribution < 1.29 is 8.42 Å². The van der Waals surface area contributed by atoms with E-state index in [1.165, 1.54) is 0 Å². The van der Waals surface area contributed by atoms with Gasteiger partial charge < -0.3 is 5.32 Å². The maximum Gasteiger partial charge on any atom is 0.210 e. The highest BCUT2D eigenvalue weighted by Crippen LogP contribution is 2.18. The van der Waals surface area contributed by atoms with Crippen LogP contribution in [0.4, 0.5) is 5.69 Å². The molecule has 0 amide bonds. The fourth-order valence-corrected chi connectivity index (χ4v) is 1.92. The molecule has 6 heteroatoms. The second-order valence-corrected chi connectivity index (χ2v) is 5.64. The molecule has 15 heavy (non-hydrogen) atoms. The molecular formula is C9H14N2O2S2. The second-order valence-electron chi connectivity index (χ2n) is 3.03. The number of anilines is 1. The minimum Gasteiger partial charge on any atom is -0.384 e. The average Bonchev–Trinajstić information content (AvgIpc) is 2.16. The zero-order valence-electron chi connectivity index (χ0n) is 8.43. The Balaban J connectivity index is 2.51. The minimum atomic E-state index is -3.38. The van der Waals surface area contributed by atoms with Crippen LogP contribution in [-0.2, 0) is 10.0 Å². The SMILES string of the molecule is CSc1cccc(NCCS(N)(=O)=O)c1. The molecule has 1 rings (SSSR count). The number of nitrogens with one attached hydrogen (secondary N) is 1. The molecule has 0 aliphatic rings. The first-order chi connectivity index (χ1) is 7.01. The van der Waals surface area contributed by atoms with Gasteiger partial charge in [0, 0.05) is 17.1 Å². The highest BCUT2D eigenvalue weighted by atomic mass is 32.2. The smallest absolute Gasteiger partial charge is 0.210 e. The zero-order chi connectivity index (χ0) is 11.3. The van der Waals surface area contributed by atoms with Gasteiger partial charge in [0.2, 0.25) is 10.0 Å². The van der Waals surface area contributed by atoms with E-state index in [9.17, 15) is 8.42 Å². The lowest BCUT2D eigenvalue weighted by molar-refractivity contribution is 0.598. The molecule has 84 valence electrons. The van der Waals surface area contributed by atoms with Crippen LogP contribution in [0.2, 0.25) is 0 Å². The monoisotopic (exact) mass is 246 g/mol. The van der Waals surface area contributed by atoms with Gasteiger partial charge >= 0.3 is 0 Å².